The molecule has 0 aromatic heterocycles. The van der Waals surface area contributed by atoms with Crippen LogP contribution < -0.4 is 10.6 Å². The van der Waals surface area contributed by atoms with E-state index in [1.807, 2.05) is 24.8 Å². The van der Waals surface area contributed by atoms with Crippen molar-refractivity contribution in [3.05, 3.63) is 46.1 Å². The van der Waals surface area contributed by atoms with E-state index in [1.165, 1.54) is 4.90 Å². The molecule has 2 aliphatic rings. The molecule has 2 N–H and O–H groups in total. The van der Waals surface area contributed by atoms with Gasteiger partial charge in [0.1, 0.15) is 0 Å². The lowest BCUT2D eigenvalue weighted by Crippen LogP contribution is -2.49. The predicted octanol–water partition coefficient (Wildman–Crippen LogP) is 2.98. The number of likely N-dealkylation sites (N-methyl/N-ethyl adjacent to an activating group) is 1. The molecule has 4 amide bonds. The molecule has 1 unspecified atom stereocenters. The van der Waals surface area contributed by atoms with Crippen LogP contribution in [0.5, 0.6) is 0 Å². The van der Waals surface area contributed by atoms with Crippen LogP contribution in [0.15, 0.2) is 35.5 Å². The second-order valence-electron chi connectivity index (χ2n) is 8.76. The highest BCUT2D eigenvalue weighted by Crippen LogP contribution is 2.34. The van der Waals surface area contributed by atoms with Gasteiger partial charge >= 0.3 is 18.0 Å². The minimum atomic E-state index is -0.716. The van der Waals surface area contributed by atoms with Crippen LogP contribution in [0.3, 0.4) is 0 Å². The van der Waals surface area contributed by atoms with E-state index in [4.69, 9.17) is 16.3 Å². The van der Waals surface area contributed by atoms with E-state index in [0.717, 1.165) is 13.0 Å². The SMILES string of the molecule is CCOC(=O)C1=C(CN2CCCN(C(=O)NC(C)C)CC2)N(C)C(=O)NC1c1ccccc1Cl. The van der Waals surface area contributed by atoms with Gasteiger partial charge in [0, 0.05) is 56.5 Å². The van der Waals surface area contributed by atoms with Crippen molar-refractivity contribution in [2.24, 2.45) is 0 Å². The summed E-state index contributed by atoms with van der Waals surface area (Å²) in [7, 11) is 1.65. The minimum Gasteiger partial charge on any atom is -0.463 e. The number of nitrogens with zero attached hydrogens (tertiary/aromatic N) is 3. The molecule has 2 heterocycles. The molecule has 1 atom stereocenters. The van der Waals surface area contributed by atoms with Crippen molar-refractivity contribution in [2.75, 3.05) is 46.4 Å². The van der Waals surface area contributed by atoms with E-state index in [2.05, 4.69) is 15.5 Å². The standard InChI is InChI=1S/C24H34ClN5O4/c1-5-34-22(31)20-19(15-29-11-8-12-30(14-13-29)24(33)26-16(2)3)28(4)23(32)27-21(20)17-9-6-7-10-18(17)25/h6-7,9-10,16,21H,5,8,11-15H2,1-4H3,(H,26,33)(H,27,32). The normalized spacial score (nSPS) is 19.7. The molecule has 1 fully saturated rings. The number of halogens is 1. The van der Waals surface area contributed by atoms with Crippen LogP contribution in [-0.4, -0.2) is 85.2 Å². The second-order valence-corrected chi connectivity index (χ2v) is 9.17. The lowest BCUT2D eigenvalue weighted by molar-refractivity contribution is -0.139. The first kappa shape index (κ1) is 25.8. The molecular formula is C24H34ClN5O4. The average molecular weight is 492 g/mol. The van der Waals surface area contributed by atoms with E-state index >= 15 is 0 Å². The molecule has 3 rings (SSSR count). The third kappa shape index (κ3) is 6.01. The van der Waals surface area contributed by atoms with Crippen molar-refractivity contribution < 1.29 is 19.1 Å². The highest BCUT2D eigenvalue weighted by molar-refractivity contribution is 6.31. The lowest BCUT2D eigenvalue weighted by atomic mass is 9.94. The smallest absolute Gasteiger partial charge is 0.338 e. The molecule has 186 valence electrons. The van der Waals surface area contributed by atoms with E-state index in [-0.39, 0.29) is 24.7 Å². The van der Waals surface area contributed by atoms with Crippen molar-refractivity contribution >= 4 is 29.6 Å². The van der Waals surface area contributed by atoms with Crippen LogP contribution in [-0.2, 0) is 9.53 Å². The number of esters is 1. The third-order valence-corrected chi connectivity index (χ3v) is 6.29. The summed E-state index contributed by atoms with van der Waals surface area (Å²) in [6.07, 6.45) is 0.789. The fraction of sp³-hybridized carbons (Fsp3) is 0.542. The number of ether oxygens (including phenoxy) is 1. The molecule has 0 spiro atoms. The molecule has 0 radical (unpaired) electrons. The zero-order chi connectivity index (χ0) is 24.8. The fourth-order valence-corrected chi connectivity index (χ4v) is 4.47. The summed E-state index contributed by atoms with van der Waals surface area (Å²) in [5, 5.41) is 6.29. The van der Waals surface area contributed by atoms with E-state index in [0.29, 0.717) is 48.0 Å². The maximum Gasteiger partial charge on any atom is 0.338 e. The average Bonchev–Trinajstić information content (AvgIpc) is 3.02. The summed E-state index contributed by atoms with van der Waals surface area (Å²) in [5.41, 5.74) is 1.58. The molecule has 10 heteroatoms. The van der Waals surface area contributed by atoms with Crippen LogP contribution in [0.25, 0.3) is 0 Å². The number of nitrogens with one attached hydrogen (secondary N) is 2. The van der Waals surface area contributed by atoms with Crippen LogP contribution in [0.1, 0.15) is 38.8 Å². The second kappa shape index (κ2) is 11.6. The Labute approximate surface area is 206 Å². The predicted molar refractivity (Wildman–Crippen MR) is 130 cm³/mol. The Morgan fingerprint density at radius 3 is 2.62 bits per heavy atom. The molecule has 9 nitrogen and oxygen atoms in total. The highest BCUT2D eigenvalue weighted by Gasteiger charge is 2.38. The lowest BCUT2D eigenvalue weighted by Gasteiger charge is -2.36. The summed E-state index contributed by atoms with van der Waals surface area (Å²) in [6, 6.07) is 6.11. The fourth-order valence-electron chi connectivity index (χ4n) is 4.22. The highest BCUT2D eigenvalue weighted by atomic mass is 35.5. The zero-order valence-electron chi connectivity index (χ0n) is 20.3. The summed E-state index contributed by atoms with van der Waals surface area (Å²) in [5.74, 6) is -0.484. The Balaban J connectivity index is 1.91. The van der Waals surface area contributed by atoms with Gasteiger partial charge in [-0.3, -0.25) is 9.80 Å². The van der Waals surface area contributed by atoms with Gasteiger partial charge in [-0.2, -0.15) is 0 Å². The van der Waals surface area contributed by atoms with E-state index in [1.54, 1.807) is 32.2 Å². The summed E-state index contributed by atoms with van der Waals surface area (Å²) in [6.45, 7) is 8.77. The monoisotopic (exact) mass is 491 g/mol. The van der Waals surface area contributed by atoms with Crippen LogP contribution >= 0.6 is 11.6 Å². The molecule has 0 saturated carbocycles. The Bertz CT molecular complexity index is 951. The van der Waals surface area contributed by atoms with Crippen molar-refractivity contribution in [2.45, 2.75) is 39.3 Å². The molecule has 1 saturated heterocycles. The Kier molecular flexibility index (Phi) is 8.79. The Hall–Kier alpha value is -2.78. The van der Waals surface area contributed by atoms with Gasteiger partial charge in [0.15, 0.2) is 0 Å². The Morgan fingerprint density at radius 2 is 1.94 bits per heavy atom. The first-order valence-electron chi connectivity index (χ1n) is 11.7. The number of carbonyl (C=O) groups is 3. The van der Waals surface area contributed by atoms with Gasteiger partial charge in [0.25, 0.3) is 0 Å². The number of hydrogen-bond acceptors (Lipinski definition) is 5. The third-order valence-electron chi connectivity index (χ3n) is 5.95. The number of hydrogen-bond donors (Lipinski definition) is 2. The molecule has 0 aliphatic carbocycles. The largest absolute Gasteiger partial charge is 0.463 e. The van der Waals surface area contributed by atoms with Gasteiger partial charge in [0.05, 0.1) is 18.2 Å². The van der Waals surface area contributed by atoms with Crippen LogP contribution in [0, 0.1) is 0 Å². The Morgan fingerprint density at radius 1 is 1.21 bits per heavy atom. The molecule has 2 aliphatic heterocycles. The topological polar surface area (TPSA) is 94.2 Å². The van der Waals surface area contributed by atoms with Gasteiger partial charge in [-0.25, -0.2) is 14.4 Å². The maximum atomic E-state index is 13.1. The molecule has 0 bridgehead atoms. The number of amides is 4. The molecular weight excluding hydrogens is 458 g/mol. The van der Waals surface area contributed by atoms with Crippen LogP contribution in [0.2, 0.25) is 5.02 Å². The zero-order valence-corrected chi connectivity index (χ0v) is 21.0. The minimum absolute atomic E-state index is 0.0697. The molecule has 34 heavy (non-hydrogen) atoms. The summed E-state index contributed by atoms with van der Waals surface area (Å²) in [4.78, 5) is 43.9. The van der Waals surface area contributed by atoms with E-state index < -0.39 is 12.0 Å². The van der Waals surface area contributed by atoms with Crippen LogP contribution in [0.4, 0.5) is 9.59 Å². The number of urea groups is 2. The van der Waals surface area contributed by atoms with Gasteiger partial charge in [-0.05, 0) is 38.8 Å². The van der Waals surface area contributed by atoms with Gasteiger partial charge in [0.2, 0.25) is 0 Å². The van der Waals surface area contributed by atoms with Crippen molar-refractivity contribution in [3.8, 4) is 0 Å². The van der Waals surface area contributed by atoms with Crippen molar-refractivity contribution in [1.82, 2.24) is 25.3 Å². The van der Waals surface area contributed by atoms with Crippen molar-refractivity contribution in [3.63, 3.8) is 0 Å². The first-order valence-corrected chi connectivity index (χ1v) is 12.1. The quantitative estimate of drug-likeness (QED) is 0.597. The summed E-state index contributed by atoms with van der Waals surface area (Å²) < 4.78 is 5.39. The van der Waals surface area contributed by atoms with Gasteiger partial charge < -0.3 is 20.3 Å². The maximum absolute atomic E-state index is 13.1. The number of benzene rings is 1. The summed E-state index contributed by atoms with van der Waals surface area (Å²) >= 11 is 6.44. The van der Waals surface area contributed by atoms with Gasteiger partial charge in [-0.1, -0.05) is 29.8 Å². The van der Waals surface area contributed by atoms with Crippen molar-refractivity contribution in [1.29, 1.82) is 0 Å². The van der Waals surface area contributed by atoms with E-state index in [9.17, 15) is 14.4 Å². The van der Waals surface area contributed by atoms with Gasteiger partial charge in [-0.15, -0.1) is 0 Å². The molecule has 1 aromatic carbocycles. The molecule has 1 aromatic rings. The number of carbonyl (C=O) groups excluding carboxylic acids is 3. The number of rotatable bonds is 6. The first-order chi connectivity index (χ1) is 16.2.